The van der Waals surface area contributed by atoms with Crippen LogP contribution in [-0.2, 0) is 17.9 Å². The number of fused-ring (bicyclic) bond motifs is 1. The van der Waals surface area contributed by atoms with Crippen molar-refractivity contribution in [2.45, 2.75) is 40.3 Å². The van der Waals surface area contributed by atoms with Crippen molar-refractivity contribution in [1.29, 1.82) is 0 Å². The molecule has 2 aromatic rings. The summed E-state index contributed by atoms with van der Waals surface area (Å²) in [5.41, 5.74) is 1.21. The fourth-order valence-electron chi connectivity index (χ4n) is 3.69. The predicted molar refractivity (Wildman–Crippen MR) is 89.2 cm³/mol. The molecule has 1 amide bonds. The van der Waals surface area contributed by atoms with Gasteiger partial charge in [0.15, 0.2) is 5.65 Å². The van der Waals surface area contributed by atoms with Gasteiger partial charge in [-0.05, 0) is 37.3 Å². The number of imidazole rings is 1. The molecule has 1 fully saturated rings. The van der Waals surface area contributed by atoms with E-state index in [1.54, 1.807) is 21.4 Å². The highest BCUT2D eigenvalue weighted by molar-refractivity contribution is 5.79. The lowest BCUT2D eigenvalue weighted by molar-refractivity contribution is -0.134. The summed E-state index contributed by atoms with van der Waals surface area (Å²) < 4.78 is 3.17. The minimum Gasteiger partial charge on any atom is -0.341 e. The summed E-state index contributed by atoms with van der Waals surface area (Å²) in [7, 11) is 0. The third kappa shape index (κ3) is 2.90. The molecular weight excluding hydrogens is 292 g/mol. The van der Waals surface area contributed by atoms with Crippen LogP contribution < -0.4 is 5.69 Å². The van der Waals surface area contributed by atoms with Crippen LogP contribution in [-0.4, -0.2) is 38.0 Å². The summed E-state index contributed by atoms with van der Waals surface area (Å²) in [4.78, 5) is 31.5. The van der Waals surface area contributed by atoms with E-state index in [0.29, 0.717) is 24.0 Å². The van der Waals surface area contributed by atoms with Crippen LogP contribution in [0, 0.1) is 11.8 Å². The molecule has 1 aliphatic heterocycles. The van der Waals surface area contributed by atoms with Gasteiger partial charge in [0.05, 0.1) is 5.52 Å². The van der Waals surface area contributed by atoms with Crippen LogP contribution in [0.5, 0.6) is 0 Å². The predicted octanol–water partition coefficient (Wildman–Crippen LogP) is 1.72. The van der Waals surface area contributed by atoms with Gasteiger partial charge in [-0.2, -0.15) is 0 Å². The fourth-order valence-corrected chi connectivity index (χ4v) is 3.69. The molecule has 23 heavy (non-hydrogen) atoms. The quantitative estimate of drug-likeness (QED) is 0.866. The normalized spacial score (nSPS) is 21.8. The van der Waals surface area contributed by atoms with Crippen molar-refractivity contribution in [2.75, 3.05) is 13.1 Å². The average Bonchev–Trinajstić information content (AvgIpc) is 2.78. The van der Waals surface area contributed by atoms with Gasteiger partial charge < -0.3 is 4.90 Å². The molecule has 1 aliphatic rings. The van der Waals surface area contributed by atoms with E-state index < -0.39 is 0 Å². The Balaban J connectivity index is 1.91. The van der Waals surface area contributed by atoms with E-state index in [1.807, 2.05) is 17.9 Å². The fraction of sp³-hybridized carbons (Fsp3) is 0.588. The molecule has 3 heterocycles. The van der Waals surface area contributed by atoms with E-state index >= 15 is 0 Å². The van der Waals surface area contributed by atoms with Gasteiger partial charge in [0.1, 0.15) is 6.54 Å². The second kappa shape index (κ2) is 6.18. The molecule has 0 unspecified atom stereocenters. The molecule has 0 radical (unpaired) electrons. The van der Waals surface area contributed by atoms with Gasteiger partial charge in [-0.3, -0.25) is 13.9 Å². The zero-order chi connectivity index (χ0) is 16.6. The van der Waals surface area contributed by atoms with E-state index in [2.05, 4.69) is 18.8 Å². The van der Waals surface area contributed by atoms with E-state index in [9.17, 15) is 9.59 Å². The van der Waals surface area contributed by atoms with Crippen molar-refractivity contribution in [3.63, 3.8) is 0 Å². The first-order chi connectivity index (χ1) is 11.0. The second-order valence-corrected chi connectivity index (χ2v) is 6.70. The topological polar surface area (TPSA) is 60.1 Å². The first kappa shape index (κ1) is 15.8. The number of piperidine rings is 1. The Labute approximate surface area is 135 Å². The molecule has 6 heteroatoms. The Morgan fingerprint density at radius 2 is 1.96 bits per heavy atom. The van der Waals surface area contributed by atoms with Crippen molar-refractivity contribution in [3.8, 4) is 0 Å². The van der Waals surface area contributed by atoms with Crippen LogP contribution in [0.2, 0.25) is 0 Å². The van der Waals surface area contributed by atoms with E-state index in [4.69, 9.17) is 0 Å². The van der Waals surface area contributed by atoms with Crippen molar-refractivity contribution in [1.82, 2.24) is 19.0 Å². The molecule has 1 saturated heterocycles. The average molecular weight is 316 g/mol. The third-order valence-corrected chi connectivity index (χ3v) is 4.61. The lowest BCUT2D eigenvalue weighted by Crippen LogP contribution is -2.44. The molecule has 0 aromatic carbocycles. The van der Waals surface area contributed by atoms with Gasteiger partial charge in [0.25, 0.3) is 0 Å². The number of nitrogens with zero attached hydrogens (tertiary/aromatic N) is 4. The van der Waals surface area contributed by atoms with Crippen molar-refractivity contribution in [3.05, 3.63) is 28.8 Å². The number of hydrogen-bond acceptors (Lipinski definition) is 3. The lowest BCUT2D eigenvalue weighted by Gasteiger charge is -2.35. The minimum atomic E-state index is -0.160. The largest absolute Gasteiger partial charge is 0.341 e. The maximum atomic E-state index is 12.7. The molecule has 2 aromatic heterocycles. The number of carbonyl (C=O) groups excluding carboxylic acids is 1. The maximum Gasteiger partial charge on any atom is 0.330 e. The summed E-state index contributed by atoms with van der Waals surface area (Å²) >= 11 is 0. The van der Waals surface area contributed by atoms with Crippen LogP contribution >= 0.6 is 0 Å². The Kier molecular flexibility index (Phi) is 4.24. The minimum absolute atomic E-state index is 0.0181. The highest BCUT2D eigenvalue weighted by Gasteiger charge is 2.26. The van der Waals surface area contributed by atoms with Crippen LogP contribution in [0.1, 0.15) is 27.2 Å². The SMILES string of the molecule is CCn1c(=O)n(CC(=O)N2C[C@H](C)C[C@@H](C)C2)c2cccnc21. The first-order valence-corrected chi connectivity index (χ1v) is 8.33. The number of amides is 1. The zero-order valence-electron chi connectivity index (χ0n) is 14.0. The van der Waals surface area contributed by atoms with E-state index in [-0.39, 0.29) is 18.1 Å². The molecule has 0 aliphatic carbocycles. The van der Waals surface area contributed by atoms with Crippen molar-refractivity contribution >= 4 is 17.1 Å². The van der Waals surface area contributed by atoms with E-state index in [0.717, 1.165) is 25.0 Å². The number of likely N-dealkylation sites (tertiary alicyclic amines) is 1. The molecular formula is C17H24N4O2. The van der Waals surface area contributed by atoms with Crippen LogP contribution in [0.15, 0.2) is 23.1 Å². The standard InChI is InChI=1S/C17H24N4O2/c1-4-20-16-14(6-5-7-18-16)21(17(20)23)11-15(22)19-9-12(2)8-13(3)10-19/h5-7,12-13H,4,8-11H2,1-3H3/t12-,13-/m1/s1. The molecule has 6 nitrogen and oxygen atoms in total. The van der Waals surface area contributed by atoms with E-state index in [1.165, 1.54) is 0 Å². The lowest BCUT2D eigenvalue weighted by atomic mass is 9.92. The van der Waals surface area contributed by atoms with Gasteiger partial charge in [-0.1, -0.05) is 13.8 Å². The number of carbonyl (C=O) groups is 1. The third-order valence-electron chi connectivity index (χ3n) is 4.61. The van der Waals surface area contributed by atoms with Crippen LogP contribution in [0.3, 0.4) is 0 Å². The monoisotopic (exact) mass is 316 g/mol. The molecule has 0 N–H and O–H groups in total. The van der Waals surface area contributed by atoms with Crippen molar-refractivity contribution in [2.24, 2.45) is 11.8 Å². The summed E-state index contributed by atoms with van der Waals surface area (Å²) in [5, 5.41) is 0. The summed E-state index contributed by atoms with van der Waals surface area (Å²) in [6, 6.07) is 3.65. The van der Waals surface area contributed by atoms with Crippen LogP contribution in [0.4, 0.5) is 0 Å². The highest BCUT2D eigenvalue weighted by Crippen LogP contribution is 2.21. The van der Waals surface area contributed by atoms with Gasteiger partial charge in [-0.15, -0.1) is 0 Å². The molecule has 0 bridgehead atoms. The summed E-state index contributed by atoms with van der Waals surface area (Å²) in [6.45, 7) is 8.46. The number of pyridine rings is 1. The number of hydrogen-bond donors (Lipinski definition) is 0. The Morgan fingerprint density at radius 3 is 2.61 bits per heavy atom. The Bertz CT molecular complexity index is 766. The molecule has 0 spiro atoms. The summed E-state index contributed by atoms with van der Waals surface area (Å²) in [6.07, 6.45) is 2.83. The molecule has 2 atom stereocenters. The second-order valence-electron chi connectivity index (χ2n) is 6.70. The molecule has 124 valence electrons. The summed E-state index contributed by atoms with van der Waals surface area (Å²) in [5.74, 6) is 1.04. The number of aromatic nitrogens is 3. The highest BCUT2D eigenvalue weighted by atomic mass is 16.2. The maximum absolute atomic E-state index is 12.7. The van der Waals surface area contributed by atoms with Gasteiger partial charge in [-0.25, -0.2) is 9.78 Å². The Morgan fingerprint density at radius 1 is 1.26 bits per heavy atom. The number of aryl methyl sites for hydroxylation is 1. The zero-order valence-corrected chi connectivity index (χ0v) is 14.0. The Hall–Kier alpha value is -2.11. The molecule has 3 rings (SSSR count). The smallest absolute Gasteiger partial charge is 0.330 e. The first-order valence-electron chi connectivity index (χ1n) is 8.33. The van der Waals surface area contributed by atoms with Gasteiger partial charge >= 0.3 is 5.69 Å². The van der Waals surface area contributed by atoms with Gasteiger partial charge in [0, 0.05) is 25.8 Å². The van der Waals surface area contributed by atoms with Crippen LogP contribution in [0.25, 0.3) is 11.2 Å². The number of rotatable bonds is 3. The van der Waals surface area contributed by atoms with Crippen molar-refractivity contribution < 1.29 is 4.79 Å². The van der Waals surface area contributed by atoms with Gasteiger partial charge in [0.2, 0.25) is 5.91 Å². The molecule has 0 saturated carbocycles.